The van der Waals surface area contributed by atoms with Crippen LogP contribution < -0.4 is 4.74 Å². The fraction of sp³-hybridized carbons (Fsp3) is 0.632. The lowest BCUT2D eigenvalue weighted by Gasteiger charge is -2.36. The third-order valence-electron chi connectivity index (χ3n) is 4.95. The standard InChI is InChI=1S/C19H28N2O4/c1-20-8-10-24-14-18(20)19(22)21(13-17-7-4-9-25-17)12-15-5-3-6-16(11-15)23-2/h3,5-6,11,17-18H,4,7-10,12-14H2,1-2H3. The van der Waals surface area contributed by atoms with Crippen molar-refractivity contribution in [2.24, 2.45) is 0 Å². The summed E-state index contributed by atoms with van der Waals surface area (Å²) in [5.41, 5.74) is 1.06. The molecule has 6 nitrogen and oxygen atoms in total. The molecule has 2 atom stereocenters. The molecule has 2 heterocycles. The first-order valence-electron chi connectivity index (χ1n) is 8.98. The highest BCUT2D eigenvalue weighted by atomic mass is 16.5. The van der Waals surface area contributed by atoms with Gasteiger partial charge in [0.2, 0.25) is 5.91 Å². The van der Waals surface area contributed by atoms with Gasteiger partial charge in [-0.05, 0) is 37.6 Å². The minimum absolute atomic E-state index is 0.112. The molecule has 3 rings (SSSR count). The van der Waals surface area contributed by atoms with Gasteiger partial charge in [-0.25, -0.2) is 0 Å². The predicted molar refractivity (Wildman–Crippen MR) is 94.6 cm³/mol. The van der Waals surface area contributed by atoms with Crippen LogP contribution in [-0.4, -0.2) is 74.9 Å². The molecule has 0 saturated carbocycles. The van der Waals surface area contributed by atoms with Crippen LogP contribution in [0.1, 0.15) is 18.4 Å². The van der Waals surface area contributed by atoms with Crippen molar-refractivity contribution < 1.29 is 19.0 Å². The molecule has 0 aliphatic carbocycles. The first kappa shape index (κ1) is 18.2. The molecular formula is C19H28N2O4. The van der Waals surface area contributed by atoms with Crippen molar-refractivity contribution in [1.29, 1.82) is 0 Å². The summed E-state index contributed by atoms with van der Waals surface area (Å²) in [6.07, 6.45) is 2.21. The molecule has 138 valence electrons. The van der Waals surface area contributed by atoms with E-state index in [0.29, 0.717) is 26.3 Å². The van der Waals surface area contributed by atoms with Crippen LogP contribution in [-0.2, 0) is 20.8 Å². The van der Waals surface area contributed by atoms with E-state index in [1.54, 1.807) is 7.11 Å². The second-order valence-electron chi connectivity index (χ2n) is 6.78. The summed E-state index contributed by atoms with van der Waals surface area (Å²) >= 11 is 0. The third kappa shape index (κ3) is 4.71. The molecule has 0 bridgehead atoms. The van der Waals surface area contributed by atoms with Crippen LogP contribution in [0.4, 0.5) is 0 Å². The van der Waals surface area contributed by atoms with E-state index in [2.05, 4.69) is 4.90 Å². The lowest BCUT2D eigenvalue weighted by molar-refractivity contribution is -0.144. The summed E-state index contributed by atoms with van der Waals surface area (Å²) in [5, 5.41) is 0. The average molecular weight is 348 g/mol. The molecule has 0 radical (unpaired) electrons. The van der Waals surface area contributed by atoms with Crippen molar-refractivity contribution >= 4 is 5.91 Å². The molecule has 0 N–H and O–H groups in total. The molecule has 2 aliphatic heterocycles. The average Bonchev–Trinajstić information content (AvgIpc) is 3.14. The maximum atomic E-state index is 13.2. The number of carbonyl (C=O) groups excluding carboxylic acids is 1. The Morgan fingerprint density at radius 3 is 3.00 bits per heavy atom. The van der Waals surface area contributed by atoms with E-state index in [9.17, 15) is 4.79 Å². The van der Waals surface area contributed by atoms with Crippen LogP contribution in [0.15, 0.2) is 24.3 Å². The van der Waals surface area contributed by atoms with Gasteiger partial charge in [0.1, 0.15) is 11.8 Å². The van der Waals surface area contributed by atoms with E-state index in [1.807, 2.05) is 36.2 Å². The maximum Gasteiger partial charge on any atom is 0.242 e. The van der Waals surface area contributed by atoms with Crippen LogP contribution in [0.3, 0.4) is 0 Å². The molecule has 0 aromatic heterocycles. The molecule has 0 spiro atoms. The quantitative estimate of drug-likeness (QED) is 0.780. The fourth-order valence-corrected chi connectivity index (χ4v) is 3.41. The second kappa shape index (κ2) is 8.65. The van der Waals surface area contributed by atoms with Gasteiger partial charge in [-0.1, -0.05) is 12.1 Å². The summed E-state index contributed by atoms with van der Waals surface area (Å²) in [6, 6.07) is 7.66. The monoisotopic (exact) mass is 348 g/mol. The van der Waals surface area contributed by atoms with E-state index in [4.69, 9.17) is 14.2 Å². The Morgan fingerprint density at radius 2 is 2.28 bits per heavy atom. The smallest absolute Gasteiger partial charge is 0.242 e. The SMILES string of the molecule is COc1cccc(CN(CC2CCCO2)C(=O)C2COCCN2C)c1. The van der Waals surface area contributed by atoms with Gasteiger partial charge < -0.3 is 19.1 Å². The van der Waals surface area contributed by atoms with Crippen molar-refractivity contribution in [1.82, 2.24) is 9.80 Å². The zero-order chi connectivity index (χ0) is 17.6. The van der Waals surface area contributed by atoms with Gasteiger partial charge in [0.25, 0.3) is 0 Å². The highest BCUT2D eigenvalue weighted by Crippen LogP contribution is 2.19. The van der Waals surface area contributed by atoms with Crippen molar-refractivity contribution in [3.63, 3.8) is 0 Å². The Kier molecular flexibility index (Phi) is 6.29. The van der Waals surface area contributed by atoms with E-state index in [-0.39, 0.29) is 18.1 Å². The molecule has 25 heavy (non-hydrogen) atoms. The minimum Gasteiger partial charge on any atom is -0.497 e. The number of hydrogen-bond acceptors (Lipinski definition) is 5. The molecule has 1 amide bonds. The van der Waals surface area contributed by atoms with Crippen LogP contribution in [0.2, 0.25) is 0 Å². The number of methoxy groups -OCH3 is 1. The second-order valence-corrected chi connectivity index (χ2v) is 6.78. The van der Waals surface area contributed by atoms with Gasteiger partial charge in [0.05, 0.1) is 26.4 Å². The Hall–Kier alpha value is -1.63. The summed E-state index contributed by atoms with van der Waals surface area (Å²) in [5.74, 6) is 0.917. The molecule has 6 heteroatoms. The Morgan fingerprint density at radius 1 is 1.40 bits per heavy atom. The first-order valence-corrected chi connectivity index (χ1v) is 8.98. The Bertz CT molecular complexity index is 574. The van der Waals surface area contributed by atoms with Gasteiger partial charge in [-0.15, -0.1) is 0 Å². The van der Waals surface area contributed by atoms with Crippen molar-refractivity contribution in [2.45, 2.75) is 31.5 Å². The maximum absolute atomic E-state index is 13.2. The third-order valence-corrected chi connectivity index (χ3v) is 4.95. The number of benzene rings is 1. The number of likely N-dealkylation sites (N-methyl/N-ethyl adjacent to an activating group) is 1. The van der Waals surface area contributed by atoms with Crippen LogP contribution in [0, 0.1) is 0 Å². The number of carbonyl (C=O) groups is 1. The number of nitrogens with zero attached hydrogens (tertiary/aromatic N) is 2. The lowest BCUT2D eigenvalue weighted by Crippen LogP contribution is -2.54. The molecule has 2 fully saturated rings. The topological polar surface area (TPSA) is 51.2 Å². The zero-order valence-electron chi connectivity index (χ0n) is 15.1. The molecule has 2 saturated heterocycles. The normalized spacial score (nSPS) is 24.2. The molecule has 2 aliphatic rings. The largest absolute Gasteiger partial charge is 0.497 e. The lowest BCUT2D eigenvalue weighted by atomic mass is 10.1. The number of morpholine rings is 1. The number of hydrogen-bond donors (Lipinski definition) is 0. The van der Waals surface area contributed by atoms with Crippen molar-refractivity contribution in [2.75, 3.05) is 47.1 Å². The van der Waals surface area contributed by atoms with Gasteiger partial charge in [-0.3, -0.25) is 9.69 Å². The number of ether oxygens (including phenoxy) is 3. The van der Waals surface area contributed by atoms with Crippen LogP contribution >= 0.6 is 0 Å². The molecule has 2 unspecified atom stereocenters. The Labute approximate surface area is 149 Å². The van der Waals surface area contributed by atoms with Crippen LogP contribution in [0.5, 0.6) is 5.75 Å². The van der Waals surface area contributed by atoms with Gasteiger partial charge in [-0.2, -0.15) is 0 Å². The first-order chi connectivity index (χ1) is 12.2. The molecule has 1 aromatic carbocycles. The fourth-order valence-electron chi connectivity index (χ4n) is 3.41. The van der Waals surface area contributed by atoms with Crippen molar-refractivity contribution in [3.8, 4) is 5.75 Å². The van der Waals surface area contributed by atoms with Crippen LogP contribution in [0.25, 0.3) is 0 Å². The minimum atomic E-state index is -0.222. The van der Waals surface area contributed by atoms with Gasteiger partial charge in [0.15, 0.2) is 0 Å². The van der Waals surface area contributed by atoms with Crippen molar-refractivity contribution in [3.05, 3.63) is 29.8 Å². The summed E-state index contributed by atoms with van der Waals surface area (Å²) in [4.78, 5) is 17.2. The highest BCUT2D eigenvalue weighted by molar-refractivity contribution is 5.82. The molecule has 1 aromatic rings. The van der Waals surface area contributed by atoms with E-state index < -0.39 is 0 Å². The van der Waals surface area contributed by atoms with E-state index in [0.717, 1.165) is 37.3 Å². The number of rotatable bonds is 6. The molecular weight excluding hydrogens is 320 g/mol. The van der Waals surface area contributed by atoms with Gasteiger partial charge >= 0.3 is 0 Å². The van der Waals surface area contributed by atoms with E-state index >= 15 is 0 Å². The zero-order valence-corrected chi connectivity index (χ0v) is 15.1. The predicted octanol–water partition coefficient (Wildman–Crippen LogP) is 1.53. The van der Waals surface area contributed by atoms with E-state index in [1.165, 1.54) is 0 Å². The summed E-state index contributed by atoms with van der Waals surface area (Å²) in [7, 11) is 3.64. The highest BCUT2D eigenvalue weighted by Gasteiger charge is 2.32. The summed E-state index contributed by atoms with van der Waals surface area (Å²) in [6.45, 7) is 3.89. The number of amides is 1. The van der Waals surface area contributed by atoms with Gasteiger partial charge in [0, 0.05) is 26.2 Å². The summed E-state index contributed by atoms with van der Waals surface area (Å²) < 4.78 is 16.6. The Balaban J connectivity index is 1.74.